The smallest absolute Gasteiger partial charge is 0.246 e. The molecule has 1 atom stereocenters. The van der Waals surface area contributed by atoms with E-state index >= 15 is 0 Å². The highest BCUT2D eigenvalue weighted by molar-refractivity contribution is 5.92. The van der Waals surface area contributed by atoms with Gasteiger partial charge in [-0.1, -0.05) is 6.07 Å². The van der Waals surface area contributed by atoms with E-state index in [-0.39, 0.29) is 12.0 Å². The lowest BCUT2D eigenvalue weighted by Gasteiger charge is -2.31. The van der Waals surface area contributed by atoms with Gasteiger partial charge in [0.15, 0.2) is 11.5 Å². The first-order valence-corrected chi connectivity index (χ1v) is 8.81. The Morgan fingerprint density at radius 2 is 2.07 bits per heavy atom. The van der Waals surface area contributed by atoms with Gasteiger partial charge in [0.25, 0.3) is 0 Å². The van der Waals surface area contributed by atoms with Gasteiger partial charge in [-0.2, -0.15) is 0 Å². The Kier molecular flexibility index (Phi) is 6.25. The first-order chi connectivity index (χ1) is 13.2. The third kappa shape index (κ3) is 4.97. The summed E-state index contributed by atoms with van der Waals surface area (Å²) in [4.78, 5) is 22.5. The van der Waals surface area contributed by atoms with Crippen molar-refractivity contribution in [2.75, 3.05) is 27.3 Å². The van der Waals surface area contributed by atoms with Crippen LogP contribution in [0.25, 0.3) is 6.08 Å². The van der Waals surface area contributed by atoms with Crippen LogP contribution in [0, 0.1) is 0 Å². The lowest BCUT2D eigenvalue weighted by atomic mass is 10.1. The van der Waals surface area contributed by atoms with Crippen LogP contribution in [0.15, 0.2) is 42.9 Å². The summed E-state index contributed by atoms with van der Waals surface area (Å²) in [5.74, 6) is 1.72. The van der Waals surface area contributed by atoms with Gasteiger partial charge in [0.05, 0.1) is 27.0 Å². The Balaban J connectivity index is 1.61. The molecule has 1 aliphatic heterocycles. The number of ether oxygens (including phenoxy) is 3. The number of rotatable bonds is 6. The molecule has 1 aromatic heterocycles. The fourth-order valence-corrected chi connectivity index (χ4v) is 2.98. The molecule has 1 amide bonds. The predicted octanol–water partition coefficient (Wildman–Crippen LogP) is 2.58. The third-order valence-corrected chi connectivity index (χ3v) is 4.34. The van der Waals surface area contributed by atoms with Crippen LogP contribution >= 0.6 is 0 Å². The summed E-state index contributed by atoms with van der Waals surface area (Å²) >= 11 is 0. The van der Waals surface area contributed by atoms with Crippen LogP contribution in [0.2, 0.25) is 0 Å². The second-order valence-electron chi connectivity index (χ2n) is 6.16. The average Bonchev–Trinajstić information content (AvgIpc) is 2.72. The topological polar surface area (TPSA) is 73.8 Å². The molecule has 1 aliphatic rings. The van der Waals surface area contributed by atoms with Crippen molar-refractivity contribution in [1.29, 1.82) is 0 Å². The van der Waals surface area contributed by atoms with Gasteiger partial charge in [-0.3, -0.25) is 9.78 Å². The van der Waals surface area contributed by atoms with E-state index < -0.39 is 0 Å². The summed E-state index contributed by atoms with van der Waals surface area (Å²) in [6.07, 6.45) is 9.82. The minimum Gasteiger partial charge on any atom is -0.493 e. The molecule has 0 bridgehead atoms. The number of benzene rings is 1. The number of hydrogen-bond donors (Lipinski definition) is 0. The second kappa shape index (κ2) is 9.02. The highest BCUT2D eigenvalue weighted by Gasteiger charge is 2.24. The first-order valence-electron chi connectivity index (χ1n) is 8.81. The maximum atomic E-state index is 12.5. The van der Waals surface area contributed by atoms with Crippen molar-refractivity contribution in [1.82, 2.24) is 14.9 Å². The van der Waals surface area contributed by atoms with E-state index in [0.717, 1.165) is 24.9 Å². The summed E-state index contributed by atoms with van der Waals surface area (Å²) in [5.41, 5.74) is 0.866. The first kappa shape index (κ1) is 18.7. The van der Waals surface area contributed by atoms with Crippen LogP contribution in [0.5, 0.6) is 17.4 Å². The largest absolute Gasteiger partial charge is 0.493 e. The van der Waals surface area contributed by atoms with Crippen LogP contribution in [0.1, 0.15) is 18.4 Å². The van der Waals surface area contributed by atoms with Gasteiger partial charge in [-0.25, -0.2) is 4.98 Å². The molecule has 3 rings (SSSR count). The number of aromatic nitrogens is 2. The van der Waals surface area contributed by atoms with E-state index in [1.165, 1.54) is 0 Å². The van der Waals surface area contributed by atoms with Crippen molar-refractivity contribution in [2.24, 2.45) is 0 Å². The van der Waals surface area contributed by atoms with Gasteiger partial charge >= 0.3 is 0 Å². The molecule has 7 heteroatoms. The fraction of sp³-hybridized carbons (Fsp3) is 0.350. The van der Waals surface area contributed by atoms with Gasteiger partial charge in [0, 0.05) is 25.0 Å². The van der Waals surface area contributed by atoms with E-state index in [4.69, 9.17) is 14.2 Å². The normalized spacial score (nSPS) is 17.0. The lowest BCUT2D eigenvalue weighted by Crippen LogP contribution is -2.43. The number of piperidine rings is 1. The van der Waals surface area contributed by atoms with Crippen LogP contribution < -0.4 is 14.2 Å². The minimum absolute atomic E-state index is 0.0442. The molecule has 1 fully saturated rings. The number of nitrogens with zero attached hydrogens (tertiary/aromatic N) is 3. The zero-order chi connectivity index (χ0) is 19.1. The Morgan fingerprint density at radius 3 is 2.81 bits per heavy atom. The Labute approximate surface area is 158 Å². The number of carbonyl (C=O) groups is 1. The highest BCUT2D eigenvalue weighted by atomic mass is 16.5. The number of carbonyl (C=O) groups excluding carboxylic acids is 1. The van der Waals surface area contributed by atoms with Crippen LogP contribution in [-0.2, 0) is 4.79 Å². The summed E-state index contributed by atoms with van der Waals surface area (Å²) in [5, 5.41) is 0. The maximum Gasteiger partial charge on any atom is 0.246 e. The lowest BCUT2D eigenvalue weighted by molar-refractivity contribution is -0.128. The maximum absolute atomic E-state index is 12.5. The van der Waals surface area contributed by atoms with Crippen molar-refractivity contribution >= 4 is 12.0 Å². The SMILES string of the molecule is COc1ccc(C=CC(=O)N2CCCC(Oc3cnccn3)C2)cc1OC. The van der Waals surface area contributed by atoms with Gasteiger partial charge in [0.2, 0.25) is 11.8 Å². The minimum atomic E-state index is -0.0751. The molecule has 0 spiro atoms. The van der Waals surface area contributed by atoms with Crippen molar-refractivity contribution in [3.05, 3.63) is 48.4 Å². The molecule has 0 saturated carbocycles. The van der Waals surface area contributed by atoms with Crippen LogP contribution in [0.3, 0.4) is 0 Å². The monoisotopic (exact) mass is 369 g/mol. The van der Waals surface area contributed by atoms with Gasteiger partial charge in [0.1, 0.15) is 6.10 Å². The predicted molar refractivity (Wildman–Crippen MR) is 101 cm³/mol. The zero-order valence-electron chi connectivity index (χ0n) is 15.5. The quantitative estimate of drug-likeness (QED) is 0.729. The van der Waals surface area contributed by atoms with E-state index in [9.17, 15) is 4.79 Å². The fourth-order valence-electron chi connectivity index (χ4n) is 2.98. The van der Waals surface area contributed by atoms with Gasteiger partial charge < -0.3 is 19.1 Å². The van der Waals surface area contributed by atoms with E-state index in [0.29, 0.717) is 23.9 Å². The molecule has 0 aliphatic carbocycles. The molecular formula is C20H23N3O4. The molecule has 2 aromatic rings. The standard InChI is InChI=1S/C20H23N3O4/c1-25-17-7-5-15(12-18(17)26-2)6-8-20(24)23-11-3-4-16(14-23)27-19-13-21-9-10-22-19/h5-10,12-13,16H,3-4,11,14H2,1-2H3. The van der Waals surface area contributed by atoms with Crippen LogP contribution in [0.4, 0.5) is 0 Å². The van der Waals surface area contributed by atoms with Crippen LogP contribution in [-0.4, -0.2) is 54.2 Å². The molecule has 1 unspecified atom stereocenters. The summed E-state index contributed by atoms with van der Waals surface area (Å²) in [7, 11) is 3.17. The molecule has 1 aromatic carbocycles. The molecule has 2 heterocycles. The highest BCUT2D eigenvalue weighted by Crippen LogP contribution is 2.28. The Morgan fingerprint density at radius 1 is 1.22 bits per heavy atom. The van der Waals surface area contributed by atoms with E-state index in [2.05, 4.69) is 9.97 Å². The molecule has 1 saturated heterocycles. The second-order valence-corrected chi connectivity index (χ2v) is 6.16. The van der Waals surface area contributed by atoms with Gasteiger partial charge in [-0.05, 0) is 36.6 Å². The summed E-state index contributed by atoms with van der Waals surface area (Å²) < 4.78 is 16.3. The Hall–Kier alpha value is -3.09. The van der Waals surface area contributed by atoms with E-state index in [1.54, 1.807) is 49.9 Å². The molecule has 0 radical (unpaired) electrons. The third-order valence-electron chi connectivity index (χ3n) is 4.34. The number of hydrogen-bond acceptors (Lipinski definition) is 6. The molecule has 27 heavy (non-hydrogen) atoms. The summed E-state index contributed by atoms with van der Waals surface area (Å²) in [6.45, 7) is 1.25. The summed E-state index contributed by atoms with van der Waals surface area (Å²) in [6, 6.07) is 5.52. The Bertz CT molecular complexity index is 795. The molecule has 0 N–H and O–H groups in total. The van der Waals surface area contributed by atoms with Crippen molar-refractivity contribution in [3.8, 4) is 17.4 Å². The van der Waals surface area contributed by atoms with Crippen molar-refractivity contribution in [3.63, 3.8) is 0 Å². The number of methoxy groups -OCH3 is 2. The van der Waals surface area contributed by atoms with Gasteiger partial charge in [-0.15, -0.1) is 0 Å². The number of amides is 1. The average molecular weight is 369 g/mol. The van der Waals surface area contributed by atoms with Crippen molar-refractivity contribution < 1.29 is 19.0 Å². The number of likely N-dealkylation sites (tertiary alicyclic amines) is 1. The molecule has 7 nitrogen and oxygen atoms in total. The van der Waals surface area contributed by atoms with Crippen molar-refractivity contribution in [2.45, 2.75) is 18.9 Å². The molecule has 142 valence electrons. The van der Waals surface area contributed by atoms with E-state index in [1.807, 2.05) is 18.2 Å². The molecular weight excluding hydrogens is 346 g/mol. The zero-order valence-corrected chi connectivity index (χ0v) is 15.5.